The molecule has 2 aromatic carbocycles. The van der Waals surface area contributed by atoms with E-state index in [0.29, 0.717) is 30.2 Å². The Morgan fingerprint density at radius 2 is 1.83 bits per heavy atom. The van der Waals surface area contributed by atoms with Crippen LogP contribution in [-0.4, -0.2) is 68.2 Å². The maximum Gasteiger partial charge on any atom is 0.238 e. The van der Waals surface area contributed by atoms with Crippen LogP contribution in [0, 0.1) is 11.3 Å². The molecule has 0 spiro atoms. The second-order valence-electron chi connectivity index (χ2n) is 7.10. The van der Waals surface area contributed by atoms with Gasteiger partial charge in [0.25, 0.3) is 0 Å². The Morgan fingerprint density at radius 1 is 1.10 bits per heavy atom. The summed E-state index contributed by atoms with van der Waals surface area (Å²) in [5, 5.41) is 11.9. The molecule has 3 rings (SSSR count). The van der Waals surface area contributed by atoms with Gasteiger partial charge in [-0.2, -0.15) is 5.26 Å². The molecule has 7 nitrogen and oxygen atoms in total. The molecule has 30 heavy (non-hydrogen) atoms. The fourth-order valence-corrected chi connectivity index (χ4v) is 3.25. The zero-order chi connectivity index (χ0) is 21.0. The Balaban J connectivity index is 1.57. The molecule has 0 unspecified atom stereocenters. The number of amides is 1. The minimum absolute atomic E-state index is 0.126. The van der Waals surface area contributed by atoms with Crippen LogP contribution in [0.25, 0.3) is 0 Å². The molecule has 0 saturated carbocycles. The van der Waals surface area contributed by atoms with Crippen LogP contribution in [0.2, 0.25) is 0 Å². The number of carbonyl (C=O) groups is 1. The third-order valence-corrected chi connectivity index (χ3v) is 4.88. The van der Waals surface area contributed by atoms with Gasteiger partial charge in [-0.05, 0) is 24.3 Å². The van der Waals surface area contributed by atoms with Gasteiger partial charge in [0.2, 0.25) is 5.91 Å². The molecular weight excluding hydrogens is 380 g/mol. The van der Waals surface area contributed by atoms with Gasteiger partial charge in [0.05, 0.1) is 31.5 Å². The van der Waals surface area contributed by atoms with E-state index >= 15 is 0 Å². The van der Waals surface area contributed by atoms with Crippen LogP contribution in [0.5, 0.6) is 11.5 Å². The quantitative estimate of drug-likeness (QED) is 0.651. The van der Waals surface area contributed by atoms with Crippen molar-refractivity contribution in [2.75, 3.05) is 57.8 Å². The molecular formula is C23H28N4O3. The lowest BCUT2D eigenvalue weighted by Crippen LogP contribution is -2.43. The van der Waals surface area contributed by atoms with Gasteiger partial charge in [0.15, 0.2) is 5.75 Å². The molecule has 0 aromatic heterocycles. The molecule has 1 heterocycles. The first-order valence-corrected chi connectivity index (χ1v) is 10.3. The third kappa shape index (κ3) is 7.16. The van der Waals surface area contributed by atoms with Crippen LogP contribution < -0.4 is 10.1 Å². The third-order valence-electron chi connectivity index (χ3n) is 4.88. The van der Waals surface area contributed by atoms with Crippen molar-refractivity contribution in [3.8, 4) is 17.6 Å². The smallest absolute Gasteiger partial charge is 0.238 e. The first-order chi connectivity index (χ1) is 14.7. The predicted molar refractivity (Wildman–Crippen MR) is 116 cm³/mol. The Morgan fingerprint density at radius 3 is 2.60 bits per heavy atom. The van der Waals surface area contributed by atoms with Crippen LogP contribution in [0.3, 0.4) is 0 Å². The summed E-state index contributed by atoms with van der Waals surface area (Å²) >= 11 is 0. The fourth-order valence-electron chi connectivity index (χ4n) is 3.25. The minimum Gasteiger partial charge on any atom is -0.455 e. The van der Waals surface area contributed by atoms with Gasteiger partial charge in [0.1, 0.15) is 5.75 Å². The molecule has 2 aromatic rings. The van der Waals surface area contributed by atoms with Crippen molar-refractivity contribution in [2.45, 2.75) is 6.42 Å². The summed E-state index contributed by atoms with van der Waals surface area (Å²) in [6.07, 6.45) is 0.393. The second kappa shape index (κ2) is 11.9. The number of nitrogens with one attached hydrogen (secondary N) is 1. The number of morpholine rings is 1. The van der Waals surface area contributed by atoms with Crippen molar-refractivity contribution < 1.29 is 14.3 Å². The summed E-state index contributed by atoms with van der Waals surface area (Å²) in [4.78, 5) is 17.1. The van der Waals surface area contributed by atoms with Crippen LogP contribution in [0.15, 0.2) is 54.6 Å². The molecule has 158 valence electrons. The monoisotopic (exact) mass is 408 g/mol. The first-order valence-electron chi connectivity index (χ1n) is 10.3. The van der Waals surface area contributed by atoms with Crippen LogP contribution in [0.4, 0.5) is 5.69 Å². The van der Waals surface area contributed by atoms with Crippen molar-refractivity contribution in [2.24, 2.45) is 0 Å². The number of carbonyl (C=O) groups excluding carboxylic acids is 1. The van der Waals surface area contributed by atoms with Gasteiger partial charge < -0.3 is 14.8 Å². The van der Waals surface area contributed by atoms with E-state index in [9.17, 15) is 4.79 Å². The van der Waals surface area contributed by atoms with Crippen molar-refractivity contribution in [3.63, 3.8) is 0 Å². The topological polar surface area (TPSA) is 77.8 Å². The summed E-state index contributed by atoms with van der Waals surface area (Å²) < 4.78 is 11.3. The summed E-state index contributed by atoms with van der Waals surface area (Å²) in [5.74, 6) is 1.17. The SMILES string of the molecule is N#CCCN(CCN1CCOCC1)CC(=O)Nc1ccccc1Oc1ccccc1. The van der Waals surface area contributed by atoms with E-state index < -0.39 is 0 Å². The first kappa shape index (κ1) is 21.8. The number of ether oxygens (including phenoxy) is 2. The van der Waals surface area contributed by atoms with E-state index in [-0.39, 0.29) is 12.5 Å². The Bertz CT molecular complexity index is 832. The Kier molecular flexibility index (Phi) is 8.66. The highest BCUT2D eigenvalue weighted by Gasteiger charge is 2.16. The number of para-hydroxylation sites is 3. The summed E-state index contributed by atoms with van der Waals surface area (Å²) in [6, 6.07) is 19.0. The maximum atomic E-state index is 12.7. The number of rotatable bonds is 10. The molecule has 0 atom stereocenters. The molecule has 1 aliphatic heterocycles. The predicted octanol–water partition coefficient (Wildman–Crippen LogP) is 2.97. The average Bonchev–Trinajstić information content (AvgIpc) is 2.78. The van der Waals surface area contributed by atoms with E-state index in [4.69, 9.17) is 14.7 Å². The van der Waals surface area contributed by atoms with E-state index in [1.165, 1.54) is 0 Å². The normalized spacial score (nSPS) is 14.3. The molecule has 1 amide bonds. The maximum absolute atomic E-state index is 12.7. The van der Waals surface area contributed by atoms with Crippen molar-refractivity contribution in [1.29, 1.82) is 5.26 Å². The number of anilines is 1. The average molecular weight is 409 g/mol. The molecule has 1 N–H and O–H groups in total. The Labute approximate surface area is 177 Å². The lowest BCUT2D eigenvalue weighted by atomic mass is 10.2. The van der Waals surface area contributed by atoms with E-state index in [1.54, 1.807) is 0 Å². The van der Waals surface area contributed by atoms with Crippen LogP contribution >= 0.6 is 0 Å². The van der Waals surface area contributed by atoms with E-state index in [0.717, 1.165) is 39.4 Å². The van der Waals surface area contributed by atoms with Crippen molar-refractivity contribution in [1.82, 2.24) is 9.80 Å². The lowest BCUT2D eigenvalue weighted by Gasteiger charge is -2.29. The fraction of sp³-hybridized carbons (Fsp3) is 0.391. The van der Waals surface area contributed by atoms with Gasteiger partial charge in [-0.1, -0.05) is 30.3 Å². The van der Waals surface area contributed by atoms with Crippen LogP contribution in [-0.2, 0) is 9.53 Å². The second-order valence-corrected chi connectivity index (χ2v) is 7.10. The molecule has 1 saturated heterocycles. The molecule has 0 radical (unpaired) electrons. The van der Waals surface area contributed by atoms with Gasteiger partial charge in [0, 0.05) is 39.1 Å². The molecule has 1 aliphatic rings. The number of hydrogen-bond acceptors (Lipinski definition) is 6. The van der Waals surface area contributed by atoms with Crippen molar-refractivity contribution in [3.05, 3.63) is 54.6 Å². The van der Waals surface area contributed by atoms with E-state index in [2.05, 4.69) is 16.3 Å². The van der Waals surface area contributed by atoms with Gasteiger partial charge >= 0.3 is 0 Å². The van der Waals surface area contributed by atoms with E-state index in [1.807, 2.05) is 59.5 Å². The highest BCUT2D eigenvalue weighted by molar-refractivity contribution is 5.93. The zero-order valence-corrected chi connectivity index (χ0v) is 17.1. The lowest BCUT2D eigenvalue weighted by molar-refractivity contribution is -0.117. The molecule has 1 fully saturated rings. The van der Waals surface area contributed by atoms with Crippen LogP contribution in [0.1, 0.15) is 6.42 Å². The minimum atomic E-state index is -0.126. The number of nitriles is 1. The standard InChI is InChI=1S/C23H28N4O3/c24-11-6-12-27(14-13-26-15-17-29-18-16-26)19-23(28)25-21-9-4-5-10-22(21)30-20-7-2-1-3-8-20/h1-5,7-10H,6,12-19H2,(H,25,28). The summed E-state index contributed by atoms with van der Waals surface area (Å²) in [6.45, 7) is 5.69. The summed E-state index contributed by atoms with van der Waals surface area (Å²) in [7, 11) is 0. The molecule has 0 bridgehead atoms. The van der Waals surface area contributed by atoms with Crippen molar-refractivity contribution >= 4 is 11.6 Å². The van der Waals surface area contributed by atoms with Gasteiger partial charge in [-0.3, -0.25) is 14.6 Å². The Hall–Kier alpha value is -2.92. The van der Waals surface area contributed by atoms with Gasteiger partial charge in [-0.15, -0.1) is 0 Å². The zero-order valence-electron chi connectivity index (χ0n) is 17.1. The number of nitrogens with zero attached hydrogens (tertiary/aromatic N) is 3. The van der Waals surface area contributed by atoms with Gasteiger partial charge in [-0.25, -0.2) is 0 Å². The number of hydrogen-bond donors (Lipinski definition) is 1. The highest BCUT2D eigenvalue weighted by Crippen LogP contribution is 2.29. The highest BCUT2D eigenvalue weighted by atomic mass is 16.5. The largest absolute Gasteiger partial charge is 0.455 e. The summed E-state index contributed by atoms with van der Waals surface area (Å²) in [5.41, 5.74) is 0.625. The molecule has 0 aliphatic carbocycles. The number of benzene rings is 2. The molecule has 7 heteroatoms.